The molecule has 5 heteroatoms. The Morgan fingerprint density at radius 1 is 1.48 bits per heavy atom. The van der Waals surface area contributed by atoms with Crippen molar-refractivity contribution < 1.29 is 23.8 Å². The first-order valence-electron chi connectivity index (χ1n) is 8.84. The standard InChI is InChI=1S/C20H26O5/c1-6-12(3)18(21)23-14-10-11(2)8-7-9-20(5)17(25-20)16-15(14)13(4)19(22)24-16/h6,8,14-17H,4,7,9-10H2,1-3,5H3. The van der Waals surface area contributed by atoms with Crippen LogP contribution in [0.4, 0.5) is 0 Å². The molecule has 0 bridgehead atoms. The maximum absolute atomic E-state index is 12.3. The fourth-order valence-corrected chi connectivity index (χ4v) is 3.76. The lowest BCUT2D eigenvalue weighted by molar-refractivity contribution is -0.148. The maximum Gasteiger partial charge on any atom is 0.334 e. The van der Waals surface area contributed by atoms with Crippen LogP contribution in [0.25, 0.3) is 0 Å². The van der Waals surface area contributed by atoms with Crippen LogP contribution in [0.2, 0.25) is 0 Å². The Kier molecular flexibility index (Phi) is 4.62. The first-order valence-corrected chi connectivity index (χ1v) is 8.84. The highest BCUT2D eigenvalue weighted by Gasteiger charge is 2.63. The van der Waals surface area contributed by atoms with E-state index >= 15 is 0 Å². The predicted octanol–water partition coefficient (Wildman–Crippen LogP) is 3.25. The smallest absolute Gasteiger partial charge is 0.334 e. The Bertz CT molecular complexity index is 674. The van der Waals surface area contributed by atoms with E-state index < -0.39 is 18.2 Å². The second kappa shape index (κ2) is 6.45. The lowest BCUT2D eigenvalue weighted by atomic mass is 9.82. The molecule has 0 aromatic heterocycles. The van der Waals surface area contributed by atoms with Gasteiger partial charge in [0.1, 0.15) is 18.3 Å². The van der Waals surface area contributed by atoms with Crippen molar-refractivity contribution in [1.29, 1.82) is 0 Å². The largest absolute Gasteiger partial charge is 0.458 e. The summed E-state index contributed by atoms with van der Waals surface area (Å²) < 4.78 is 17.3. The Labute approximate surface area is 148 Å². The van der Waals surface area contributed by atoms with Gasteiger partial charge >= 0.3 is 11.9 Å². The van der Waals surface area contributed by atoms with E-state index in [1.54, 1.807) is 19.9 Å². The summed E-state index contributed by atoms with van der Waals surface area (Å²) in [6.45, 7) is 11.5. The van der Waals surface area contributed by atoms with Gasteiger partial charge in [-0.1, -0.05) is 24.3 Å². The molecule has 0 radical (unpaired) electrons. The molecule has 2 saturated heterocycles. The van der Waals surface area contributed by atoms with Crippen LogP contribution in [0.15, 0.2) is 35.5 Å². The summed E-state index contributed by atoms with van der Waals surface area (Å²) in [5, 5.41) is 0. The molecular weight excluding hydrogens is 320 g/mol. The highest BCUT2D eigenvalue weighted by molar-refractivity contribution is 5.91. The maximum atomic E-state index is 12.3. The molecule has 0 aromatic rings. The van der Waals surface area contributed by atoms with Gasteiger partial charge < -0.3 is 14.2 Å². The molecule has 0 amide bonds. The van der Waals surface area contributed by atoms with Gasteiger partial charge in [0.2, 0.25) is 0 Å². The molecule has 0 N–H and O–H groups in total. The molecule has 5 nitrogen and oxygen atoms in total. The molecule has 0 aromatic carbocycles. The molecule has 0 saturated carbocycles. The van der Waals surface area contributed by atoms with Crippen LogP contribution in [-0.2, 0) is 23.8 Å². The normalized spacial score (nSPS) is 38.2. The summed E-state index contributed by atoms with van der Waals surface area (Å²) in [4.78, 5) is 24.5. The minimum Gasteiger partial charge on any atom is -0.458 e. The SMILES string of the molecule is C=C1C(=O)OC2C1C(OC(=O)C(C)=CC)CC(C)=CCCC1(C)OC21. The number of hydrogen-bond acceptors (Lipinski definition) is 5. The number of esters is 2. The molecule has 25 heavy (non-hydrogen) atoms. The molecule has 2 heterocycles. The first-order chi connectivity index (χ1) is 11.8. The predicted molar refractivity (Wildman–Crippen MR) is 92.7 cm³/mol. The summed E-state index contributed by atoms with van der Waals surface area (Å²) >= 11 is 0. The minimum absolute atomic E-state index is 0.170. The number of hydrogen-bond donors (Lipinski definition) is 0. The first kappa shape index (κ1) is 17.9. The van der Waals surface area contributed by atoms with Crippen LogP contribution in [0, 0.1) is 5.92 Å². The van der Waals surface area contributed by atoms with Crippen molar-refractivity contribution in [2.45, 2.75) is 70.9 Å². The van der Waals surface area contributed by atoms with E-state index in [-0.39, 0.29) is 23.6 Å². The van der Waals surface area contributed by atoms with Crippen LogP contribution in [0.5, 0.6) is 0 Å². The quantitative estimate of drug-likeness (QED) is 0.332. The molecule has 2 aliphatic heterocycles. The molecule has 136 valence electrons. The molecular formula is C20H26O5. The number of rotatable bonds is 2. The Balaban J connectivity index is 1.94. The van der Waals surface area contributed by atoms with Gasteiger partial charge in [-0.25, -0.2) is 9.59 Å². The number of allylic oxidation sites excluding steroid dienone is 2. The highest BCUT2D eigenvalue weighted by atomic mass is 16.6. The molecule has 1 aliphatic carbocycles. The highest BCUT2D eigenvalue weighted by Crippen LogP contribution is 2.50. The van der Waals surface area contributed by atoms with Gasteiger partial charge in [-0.05, 0) is 40.5 Å². The fraction of sp³-hybridized carbons (Fsp3) is 0.600. The van der Waals surface area contributed by atoms with Crippen molar-refractivity contribution in [3.05, 3.63) is 35.5 Å². The summed E-state index contributed by atoms with van der Waals surface area (Å²) in [6, 6.07) is 0. The summed E-state index contributed by atoms with van der Waals surface area (Å²) in [5.41, 5.74) is 1.74. The van der Waals surface area contributed by atoms with Gasteiger partial charge in [0.15, 0.2) is 0 Å². The average molecular weight is 346 g/mol. The van der Waals surface area contributed by atoms with Gasteiger partial charge in [-0.3, -0.25) is 0 Å². The molecule has 5 atom stereocenters. The van der Waals surface area contributed by atoms with E-state index in [0.29, 0.717) is 17.6 Å². The molecule has 3 rings (SSSR count). The molecule has 0 spiro atoms. The van der Waals surface area contributed by atoms with Gasteiger partial charge in [-0.15, -0.1) is 0 Å². The average Bonchev–Trinajstić information content (AvgIpc) is 3.13. The van der Waals surface area contributed by atoms with Crippen molar-refractivity contribution in [2.75, 3.05) is 0 Å². The van der Waals surface area contributed by atoms with Crippen LogP contribution in [0.1, 0.15) is 47.0 Å². The summed E-state index contributed by atoms with van der Waals surface area (Å²) in [5.74, 6) is -1.17. The Hall–Kier alpha value is -1.88. The zero-order chi connectivity index (χ0) is 18.4. The van der Waals surface area contributed by atoms with E-state index in [1.807, 2.05) is 13.8 Å². The number of carbonyl (C=O) groups excluding carboxylic acids is 2. The Morgan fingerprint density at radius 3 is 2.88 bits per heavy atom. The second-order valence-corrected chi connectivity index (χ2v) is 7.48. The lowest BCUT2D eigenvalue weighted by Crippen LogP contribution is -2.38. The van der Waals surface area contributed by atoms with Crippen molar-refractivity contribution >= 4 is 11.9 Å². The lowest BCUT2D eigenvalue weighted by Gasteiger charge is -2.28. The van der Waals surface area contributed by atoms with E-state index in [1.165, 1.54) is 0 Å². The van der Waals surface area contributed by atoms with Gasteiger partial charge in [-0.2, -0.15) is 0 Å². The molecule has 2 fully saturated rings. The van der Waals surface area contributed by atoms with E-state index in [9.17, 15) is 9.59 Å². The van der Waals surface area contributed by atoms with Crippen molar-refractivity contribution in [1.82, 2.24) is 0 Å². The van der Waals surface area contributed by atoms with E-state index in [2.05, 4.69) is 12.7 Å². The number of ether oxygens (including phenoxy) is 3. The van der Waals surface area contributed by atoms with E-state index in [4.69, 9.17) is 14.2 Å². The summed E-state index contributed by atoms with van der Waals surface area (Å²) in [6.07, 6.45) is 5.10. The van der Waals surface area contributed by atoms with Crippen molar-refractivity contribution in [2.24, 2.45) is 5.92 Å². The van der Waals surface area contributed by atoms with Crippen LogP contribution in [-0.4, -0.2) is 35.9 Å². The third-order valence-electron chi connectivity index (χ3n) is 5.57. The zero-order valence-corrected chi connectivity index (χ0v) is 15.3. The zero-order valence-electron chi connectivity index (χ0n) is 15.3. The van der Waals surface area contributed by atoms with Crippen LogP contribution in [0.3, 0.4) is 0 Å². The van der Waals surface area contributed by atoms with E-state index in [0.717, 1.165) is 18.4 Å². The molecule has 5 unspecified atom stereocenters. The number of carbonyl (C=O) groups is 2. The fourth-order valence-electron chi connectivity index (χ4n) is 3.76. The Morgan fingerprint density at radius 2 is 2.20 bits per heavy atom. The van der Waals surface area contributed by atoms with Crippen LogP contribution < -0.4 is 0 Å². The van der Waals surface area contributed by atoms with Crippen LogP contribution >= 0.6 is 0 Å². The van der Waals surface area contributed by atoms with Gasteiger partial charge in [0, 0.05) is 17.6 Å². The topological polar surface area (TPSA) is 65.1 Å². The number of fused-ring (bicyclic) bond motifs is 3. The minimum atomic E-state index is -0.492. The van der Waals surface area contributed by atoms with Crippen molar-refractivity contribution in [3.63, 3.8) is 0 Å². The third-order valence-corrected chi connectivity index (χ3v) is 5.57. The summed E-state index contributed by atoms with van der Waals surface area (Å²) in [7, 11) is 0. The molecule has 3 aliphatic rings. The monoisotopic (exact) mass is 346 g/mol. The van der Waals surface area contributed by atoms with Gasteiger partial charge in [0.05, 0.1) is 11.5 Å². The third kappa shape index (κ3) is 3.30. The second-order valence-electron chi connectivity index (χ2n) is 7.48. The van der Waals surface area contributed by atoms with Crippen molar-refractivity contribution in [3.8, 4) is 0 Å². The van der Waals surface area contributed by atoms with Gasteiger partial charge in [0.25, 0.3) is 0 Å². The number of epoxide rings is 1.